The molecule has 0 atom stereocenters. The molecule has 0 aliphatic rings. The zero-order chi connectivity index (χ0) is 17.3. The molecule has 0 saturated carbocycles. The Kier molecular flexibility index (Phi) is 5.67. The fourth-order valence-corrected chi connectivity index (χ4v) is 2.36. The molecule has 1 heterocycles. The molecule has 3 rings (SSSR count). The van der Waals surface area contributed by atoms with Gasteiger partial charge in [-0.3, -0.25) is 4.79 Å². The summed E-state index contributed by atoms with van der Waals surface area (Å²) in [5.74, 6) is 1.25. The number of benzene rings is 2. The third-order valence-electron chi connectivity index (χ3n) is 3.56. The largest absolute Gasteiger partial charge is 0.492 e. The molecule has 0 saturated heterocycles. The average molecular weight is 333 g/mol. The van der Waals surface area contributed by atoms with Crippen molar-refractivity contribution in [1.82, 2.24) is 5.32 Å². The number of hydrogen-bond acceptors (Lipinski definition) is 3. The van der Waals surface area contributed by atoms with Crippen LogP contribution in [0.2, 0.25) is 0 Å². The molecule has 0 aliphatic heterocycles. The molecule has 0 unspecified atom stereocenters. The van der Waals surface area contributed by atoms with Crippen molar-refractivity contribution in [1.29, 1.82) is 0 Å². The van der Waals surface area contributed by atoms with E-state index in [9.17, 15) is 4.79 Å². The molecule has 1 aromatic heterocycles. The van der Waals surface area contributed by atoms with Crippen LogP contribution in [0.15, 0.2) is 83.5 Å². The van der Waals surface area contributed by atoms with Gasteiger partial charge in [-0.2, -0.15) is 0 Å². The van der Waals surface area contributed by atoms with Gasteiger partial charge in [0.2, 0.25) is 0 Å². The summed E-state index contributed by atoms with van der Waals surface area (Å²) >= 11 is 0. The Morgan fingerprint density at radius 1 is 0.960 bits per heavy atom. The summed E-state index contributed by atoms with van der Waals surface area (Å²) in [7, 11) is 0. The standard InChI is InChI=1S/C21H19NO3/c23-21(22-13-15-25-18-10-5-2-6-11-18)20(16-19-12-7-14-24-19)17-8-3-1-4-9-17/h1-12,14,16H,13,15H2,(H,22,23)/b20-16+. The molecule has 1 N–H and O–H groups in total. The van der Waals surface area contributed by atoms with E-state index in [1.54, 1.807) is 18.4 Å². The molecule has 0 bridgehead atoms. The lowest BCUT2D eigenvalue weighted by Gasteiger charge is -2.10. The van der Waals surface area contributed by atoms with Crippen molar-refractivity contribution in [2.24, 2.45) is 0 Å². The quantitative estimate of drug-likeness (QED) is 0.525. The number of amides is 1. The Balaban J connectivity index is 1.63. The van der Waals surface area contributed by atoms with E-state index in [1.165, 1.54) is 0 Å². The maximum Gasteiger partial charge on any atom is 0.252 e. The number of ether oxygens (including phenoxy) is 1. The molecule has 2 aromatic carbocycles. The summed E-state index contributed by atoms with van der Waals surface area (Å²) in [6.07, 6.45) is 3.32. The summed E-state index contributed by atoms with van der Waals surface area (Å²) in [4.78, 5) is 12.6. The van der Waals surface area contributed by atoms with Gasteiger partial charge in [0.05, 0.1) is 18.4 Å². The fourth-order valence-electron chi connectivity index (χ4n) is 2.36. The molecule has 0 spiro atoms. The van der Waals surface area contributed by atoms with Crippen LogP contribution in [0, 0.1) is 0 Å². The Morgan fingerprint density at radius 3 is 2.36 bits per heavy atom. The number of carbonyl (C=O) groups is 1. The maximum absolute atomic E-state index is 12.6. The summed E-state index contributed by atoms with van der Waals surface area (Å²) < 4.78 is 10.9. The molecular formula is C21H19NO3. The van der Waals surface area contributed by atoms with Crippen molar-refractivity contribution >= 4 is 17.6 Å². The van der Waals surface area contributed by atoms with Gasteiger partial charge in [0.1, 0.15) is 18.1 Å². The minimum absolute atomic E-state index is 0.167. The van der Waals surface area contributed by atoms with Gasteiger partial charge in [-0.25, -0.2) is 0 Å². The van der Waals surface area contributed by atoms with E-state index < -0.39 is 0 Å². The lowest BCUT2D eigenvalue weighted by atomic mass is 10.0. The number of rotatable bonds is 7. The molecule has 0 fully saturated rings. The third-order valence-corrected chi connectivity index (χ3v) is 3.56. The minimum atomic E-state index is -0.167. The SMILES string of the molecule is O=C(NCCOc1ccccc1)/C(=C/c1ccco1)c1ccccc1. The first-order valence-electron chi connectivity index (χ1n) is 8.09. The molecule has 25 heavy (non-hydrogen) atoms. The summed E-state index contributed by atoms with van der Waals surface area (Å²) in [6, 6.07) is 22.6. The van der Waals surface area contributed by atoms with Gasteiger partial charge in [0, 0.05) is 0 Å². The van der Waals surface area contributed by atoms with Crippen LogP contribution in [0.1, 0.15) is 11.3 Å². The highest BCUT2D eigenvalue weighted by Gasteiger charge is 2.12. The van der Waals surface area contributed by atoms with Gasteiger partial charge in [-0.1, -0.05) is 48.5 Å². The maximum atomic E-state index is 12.6. The lowest BCUT2D eigenvalue weighted by molar-refractivity contribution is -0.115. The van der Waals surface area contributed by atoms with Crippen LogP contribution in [0.3, 0.4) is 0 Å². The predicted molar refractivity (Wildman–Crippen MR) is 98.0 cm³/mol. The lowest BCUT2D eigenvalue weighted by Crippen LogP contribution is -2.28. The highest BCUT2D eigenvalue weighted by atomic mass is 16.5. The summed E-state index contributed by atoms with van der Waals surface area (Å²) in [6.45, 7) is 0.814. The van der Waals surface area contributed by atoms with E-state index in [1.807, 2.05) is 66.7 Å². The Morgan fingerprint density at radius 2 is 1.68 bits per heavy atom. The van der Waals surface area contributed by atoms with Crippen LogP contribution >= 0.6 is 0 Å². The zero-order valence-electron chi connectivity index (χ0n) is 13.7. The van der Waals surface area contributed by atoms with E-state index >= 15 is 0 Å². The highest BCUT2D eigenvalue weighted by molar-refractivity contribution is 6.24. The van der Waals surface area contributed by atoms with Gasteiger partial charge in [-0.05, 0) is 35.9 Å². The molecule has 0 aliphatic carbocycles. The average Bonchev–Trinajstić information content (AvgIpc) is 3.18. The van der Waals surface area contributed by atoms with Crippen LogP contribution in [-0.2, 0) is 4.79 Å². The van der Waals surface area contributed by atoms with Crippen molar-refractivity contribution < 1.29 is 13.9 Å². The smallest absolute Gasteiger partial charge is 0.252 e. The van der Waals surface area contributed by atoms with Gasteiger partial charge in [0.15, 0.2) is 0 Å². The van der Waals surface area contributed by atoms with Crippen LogP contribution in [0.5, 0.6) is 5.75 Å². The number of hydrogen-bond donors (Lipinski definition) is 1. The Bertz CT molecular complexity index is 809. The predicted octanol–water partition coefficient (Wildman–Crippen LogP) is 4.02. The van der Waals surface area contributed by atoms with Crippen LogP contribution in [0.25, 0.3) is 11.6 Å². The molecule has 4 heteroatoms. The van der Waals surface area contributed by atoms with Gasteiger partial charge < -0.3 is 14.5 Å². The topological polar surface area (TPSA) is 51.5 Å². The summed E-state index contributed by atoms with van der Waals surface area (Å²) in [5.41, 5.74) is 1.38. The third kappa shape index (κ3) is 4.85. The normalized spacial score (nSPS) is 11.1. The first-order chi connectivity index (χ1) is 12.3. The van der Waals surface area contributed by atoms with Gasteiger partial charge in [0.25, 0.3) is 5.91 Å². The second-order valence-corrected chi connectivity index (χ2v) is 5.36. The van der Waals surface area contributed by atoms with Crippen LogP contribution < -0.4 is 10.1 Å². The molecule has 3 aromatic rings. The number of para-hydroxylation sites is 1. The van der Waals surface area contributed by atoms with Gasteiger partial charge in [-0.15, -0.1) is 0 Å². The van der Waals surface area contributed by atoms with Crippen molar-refractivity contribution in [3.05, 3.63) is 90.4 Å². The van der Waals surface area contributed by atoms with E-state index in [-0.39, 0.29) is 5.91 Å². The Labute approximate surface area is 146 Å². The first-order valence-corrected chi connectivity index (χ1v) is 8.09. The monoisotopic (exact) mass is 333 g/mol. The van der Waals surface area contributed by atoms with Crippen molar-refractivity contribution in [2.75, 3.05) is 13.2 Å². The molecule has 0 radical (unpaired) electrons. The second-order valence-electron chi connectivity index (χ2n) is 5.36. The zero-order valence-corrected chi connectivity index (χ0v) is 13.7. The number of nitrogens with one attached hydrogen (secondary N) is 1. The molecule has 4 nitrogen and oxygen atoms in total. The molecular weight excluding hydrogens is 314 g/mol. The second kappa shape index (κ2) is 8.55. The molecule has 126 valence electrons. The van der Waals surface area contributed by atoms with E-state index in [4.69, 9.17) is 9.15 Å². The van der Waals surface area contributed by atoms with Crippen molar-refractivity contribution in [3.63, 3.8) is 0 Å². The minimum Gasteiger partial charge on any atom is -0.492 e. The molecule has 1 amide bonds. The fraction of sp³-hybridized carbons (Fsp3) is 0.0952. The van der Waals surface area contributed by atoms with Crippen LogP contribution in [0.4, 0.5) is 0 Å². The summed E-state index contributed by atoms with van der Waals surface area (Å²) in [5, 5.41) is 2.89. The number of furan rings is 1. The van der Waals surface area contributed by atoms with Crippen molar-refractivity contribution in [2.45, 2.75) is 0 Å². The van der Waals surface area contributed by atoms with E-state index in [0.717, 1.165) is 11.3 Å². The van der Waals surface area contributed by atoms with Crippen LogP contribution in [-0.4, -0.2) is 19.1 Å². The van der Waals surface area contributed by atoms with E-state index in [2.05, 4.69) is 5.32 Å². The first kappa shape index (κ1) is 16.6. The highest BCUT2D eigenvalue weighted by Crippen LogP contribution is 2.18. The Hall–Kier alpha value is -3.27. The number of carbonyl (C=O) groups excluding carboxylic acids is 1. The van der Waals surface area contributed by atoms with Gasteiger partial charge >= 0.3 is 0 Å². The van der Waals surface area contributed by atoms with Crippen molar-refractivity contribution in [3.8, 4) is 5.75 Å². The van der Waals surface area contributed by atoms with E-state index in [0.29, 0.717) is 24.5 Å².